The van der Waals surface area contributed by atoms with Crippen LogP contribution in [-0.4, -0.2) is 30.6 Å². The Bertz CT molecular complexity index is 292. The van der Waals surface area contributed by atoms with Crippen LogP contribution in [0.4, 0.5) is 0 Å². The lowest BCUT2D eigenvalue weighted by Crippen LogP contribution is -2.46. The van der Waals surface area contributed by atoms with Crippen molar-refractivity contribution in [3.8, 4) is 0 Å². The second-order valence-corrected chi connectivity index (χ2v) is 8.01. The zero-order valence-corrected chi connectivity index (χ0v) is 14.2. The lowest BCUT2D eigenvalue weighted by molar-refractivity contribution is 0.0667. The molecule has 0 heterocycles. The van der Waals surface area contributed by atoms with E-state index in [0.717, 1.165) is 30.5 Å². The third kappa shape index (κ3) is 3.39. The van der Waals surface area contributed by atoms with Gasteiger partial charge in [0.25, 0.3) is 0 Å². The van der Waals surface area contributed by atoms with Gasteiger partial charge in [0.1, 0.15) is 0 Å². The second-order valence-electron chi connectivity index (χ2n) is 8.01. The van der Waals surface area contributed by atoms with Crippen LogP contribution in [0.5, 0.6) is 0 Å². The van der Waals surface area contributed by atoms with Gasteiger partial charge in [-0.25, -0.2) is 0 Å². The molecular formula is C18H36N2. The Morgan fingerprint density at radius 2 is 1.70 bits per heavy atom. The summed E-state index contributed by atoms with van der Waals surface area (Å²) < 4.78 is 0. The molecule has 2 aliphatic rings. The zero-order valence-electron chi connectivity index (χ0n) is 14.2. The molecule has 2 aliphatic carbocycles. The highest BCUT2D eigenvalue weighted by Gasteiger charge is 2.37. The third-order valence-electron chi connectivity index (χ3n) is 6.73. The van der Waals surface area contributed by atoms with E-state index in [1.807, 2.05) is 0 Å². The van der Waals surface area contributed by atoms with Crippen LogP contribution in [0.1, 0.15) is 72.1 Å². The number of nitrogens with two attached hydrogens (primary N) is 1. The van der Waals surface area contributed by atoms with Gasteiger partial charge >= 0.3 is 0 Å². The van der Waals surface area contributed by atoms with Crippen LogP contribution in [0.15, 0.2) is 0 Å². The van der Waals surface area contributed by atoms with Crippen molar-refractivity contribution in [3.05, 3.63) is 0 Å². The molecule has 0 aromatic rings. The minimum atomic E-state index is 0.538. The molecule has 0 aromatic heterocycles. The number of nitrogens with zero attached hydrogens (tertiary/aromatic N) is 1. The molecule has 0 aromatic carbocycles. The normalized spacial score (nSPS) is 35.7. The van der Waals surface area contributed by atoms with Crippen molar-refractivity contribution in [1.29, 1.82) is 0 Å². The summed E-state index contributed by atoms with van der Waals surface area (Å²) in [5, 5.41) is 0. The maximum Gasteiger partial charge on any atom is 0.0135 e. The molecule has 2 rings (SSSR count). The Balaban J connectivity index is 1.87. The smallest absolute Gasteiger partial charge is 0.0135 e. The fourth-order valence-electron chi connectivity index (χ4n) is 4.65. The molecule has 2 heteroatoms. The molecule has 20 heavy (non-hydrogen) atoms. The van der Waals surface area contributed by atoms with E-state index in [4.69, 9.17) is 5.73 Å². The number of hydrogen-bond donors (Lipinski definition) is 1. The molecule has 2 N–H and O–H groups in total. The molecule has 0 saturated heterocycles. The SMILES string of the molecule is CCC(C)(C)C1CCC(N(C)C2CCCC2CN)CC1. The quantitative estimate of drug-likeness (QED) is 0.823. The van der Waals surface area contributed by atoms with E-state index in [9.17, 15) is 0 Å². The van der Waals surface area contributed by atoms with Crippen LogP contribution >= 0.6 is 0 Å². The van der Waals surface area contributed by atoms with Gasteiger partial charge in [-0.05, 0) is 69.4 Å². The van der Waals surface area contributed by atoms with Crippen LogP contribution in [0.2, 0.25) is 0 Å². The standard InChI is InChI=1S/C18H36N2/c1-5-18(2,3)15-9-11-16(12-10-15)20(4)17-8-6-7-14(17)13-19/h14-17H,5-13,19H2,1-4H3. The minimum Gasteiger partial charge on any atom is -0.330 e. The summed E-state index contributed by atoms with van der Waals surface area (Å²) >= 11 is 0. The van der Waals surface area contributed by atoms with E-state index < -0.39 is 0 Å². The van der Waals surface area contributed by atoms with Gasteiger partial charge in [-0.15, -0.1) is 0 Å². The minimum absolute atomic E-state index is 0.538. The van der Waals surface area contributed by atoms with Gasteiger partial charge < -0.3 is 10.6 Å². The monoisotopic (exact) mass is 280 g/mol. The molecular weight excluding hydrogens is 244 g/mol. The predicted octanol–water partition coefficient (Wildman–Crippen LogP) is 4.04. The Morgan fingerprint density at radius 3 is 2.25 bits per heavy atom. The van der Waals surface area contributed by atoms with Gasteiger partial charge in [0.05, 0.1) is 0 Å². The van der Waals surface area contributed by atoms with E-state index in [1.54, 1.807) is 0 Å². The average Bonchev–Trinajstić information content (AvgIpc) is 2.95. The van der Waals surface area contributed by atoms with Gasteiger partial charge in [0, 0.05) is 12.1 Å². The fourth-order valence-corrected chi connectivity index (χ4v) is 4.65. The lowest BCUT2D eigenvalue weighted by atomic mass is 9.68. The van der Waals surface area contributed by atoms with Crippen LogP contribution in [0.3, 0.4) is 0 Å². The van der Waals surface area contributed by atoms with Crippen LogP contribution in [-0.2, 0) is 0 Å². The third-order valence-corrected chi connectivity index (χ3v) is 6.73. The molecule has 118 valence electrons. The van der Waals surface area contributed by atoms with Crippen molar-refractivity contribution in [2.75, 3.05) is 13.6 Å². The first kappa shape index (κ1) is 16.3. The highest BCUT2D eigenvalue weighted by molar-refractivity contribution is 4.91. The molecule has 2 unspecified atom stereocenters. The summed E-state index contributed by atoms with van der Waals surface area (Å²) in [5.41, 5.74) is 6.50. The highest BCUT2D eigenvalue weighted by atomic mass is 15.2. The Hall–Kier alpha value is -0.0800. The largest absolute Gasteiger partial charge is 0.330 e. The van der Waals surface area contributed by atoms with E-state index in [-0.39, 0.29) is 0 Å². The maximum absolute atomic E-state index is 5.96. The maximum atomic E-state index is 5.96. The van der Waals surface area contributed by atoms with Crippen LogP contribution in [0, 0.1) is 17.3 Å². The first-order chi connectivity index (χ1) is 9.49. The van der Waals surface area contributed by atoms with Gasteiger partial charge in [0.15, 0.2) is 0 Å². The van der Waals surface area contributed by atoms with Crippen molar-refractivity contribution in [2.24, 2.45) is 23.0 Å². The predicted molar refractivity (Wildman–Crippen MR) is 87.8 cm³/mol. The van der Waals surface area contributed by atoms with Gasteiger partial charge in [0.2, 0.25) is 0 Å². The fraction of sp³-hybridized carbons (Fsp3) is 1.00. The lowest BCUT2D eigenvalue weighted by Gasteiger charge is -2.43. The summed E-state index contributed by atoms with van der Waals surface area (Å²) in [6.45, 7) is 8.15. The molecule has 2 saturated carbocycles. The van der Waals surface area contributed by atoms with Crippen LogP contribution in [0.25, 0.3) is 0 Å². The topological polar surface area (TPSA) is 29.3 Å². The Kier molecular flexibility index (Phi) is 5.53. The molecule has 2 atom stereocenters. The van der Waals surface area contributed by atoms with Crippen LogP contribution < -0.4 is 5.73 Å². The van der Waals surface area contributed by atoms with Crippen molar-refractivity contribution in [3.63, 3.8) is 0 Å². The first-order valence-corrected chi connectivity index (χ1v) is 8.91. The zero-order chi connectivity index (χ0) is 14.8. The molecule has 2 fully saturated rings. The summed E-state index contributed by atoms with van der Waals surface area (Å²) in [4.78, 5) is 2.71. The summed E-state index contributed by atoms with van der Waals surface area (Å²) in [6, 6.07) is 1.58. The summed E-state index contributed by atoms with van der Waals surface area (Å²) in [7, 11) is 2.37. The first-order valence-electron chi connectivity index (χ1n) is 8.91. The number of rotatable bonds is 5. The van der Waals surface area contributed by atoms with Crippen molar-refractivity contribution < 1.29 is 0 Å². The molecule has 0 bridgehead atoms. The van der Waals surface area contributed by atoms with Gasteiger partial charge in [-0.2, -0.15) is 0 Å². The molecule has 0 aliphatic heterocycles. The average molecular weight is 280 g/mol. The van der Waals surface area contributed by atoms with Gasteiger partial charge in [-0.3, -0.25) is 0 Å². The molecule has 0 radical (unpaired) electrons. The number of hydrogen-bond acceptors (Lipinski definition) is 2. The van der Waals surface area contributed by atoms with Gasteiger partial charge in [-0.1, -0.05) is 33.6 Å². The van der Waals surface area contributed by atoms with E-state index >= 15 is 0 Å². The van der Waals surface area contributed by atoms with Crippen molar-refractivity contribution >= 4 is 0 Å². The Labute approximate surface area is 126 Å². The van der Waals surface area contributed by atoms with Crippen molar-refractivity contribution in [1.82, 2.24) is 4.90 Å². The molecule has 0 amide bonds. The molecule has 0 spiro atoms. The van der Waals surface area contributed by atoms with E-state index in [0.29, 0.717) is 5.41 Å². The Morgan fingerprint density at radius 1 is 1.05 bits per heavy atom. The van der Waals surface area contributed by atoms with E-state index in [1.165, 1.54) is 51.4 Å². The highest BCUT2D eigenvalue weighted by Crippen LogP contribution is 2.42. The molecule has 2 nitrogen and oxygen atoms in total. The summed E-state index contributed by atoms with van der Waals surface area (Å²) in [5.74, 6) is 1.69. The summed E-state index contributed by atoms with van der Waals surface area (Å²) in [6.07, 6.45) is 11.1. The van der Waals surface area contributed by atoms with E-state index in [2.05, 4.69) is 32.7 Å². The van der Waals surface area contributed by atoms with Crippen molar-refractivity contribution in [2.45, 2.75) is 84.2 Å². The second kappa shape index (κ2) is 6.79.